The molecule has 1 heterocycles. The van der Waals surface area contributed by atoms with E-state index in [1.165, 1.54) is 11.0 Å². The third-order valence-electron chi connectivity index (χ3n) is 3.14. The monoisotopic (exact) mass is 302 g/mol. The first-order valence-corrected chi connectivity index (χ1v) is 7.37. The molecule has 0 N–H and O–H groups in total. The molecule has 0 unspecified atom stereocenters. The van der Waals surface area contributed by atoms with Crippen LogP contribution in [0.3, 0.4) is 0 Å². The smallest absolute Gasteiger partial charge is 0.276 e. The number of para-hydroxylation sites is 1. The normalized spacial score (nSPS) is 10.9. The summed E-state index contributed by atoms with van der Waals surface area (Å²) < 4.78 is 5.08. The quantitative estimate of drug-likeness (QED) is 0.785. The van der Waals surface area contributed by atoms with Gasteiger partial charge in [-0.2, -0.15) is 9.90 Å². The number of carbonyl (C=O) groups is 1. The van der Waals surface area contributed by atoms with E-state index >= 15 is 0 Å². The Morgan fingerprint density at radius 2 is 2.05 bits per heavy atom. The van der Waals surface area contributed by atoms with E-state index in [-0.39, 0.29) is 5.91 Å². The van der Waals surface area contributed by atoms with Gasteiger partial charge < -0.3 is 9.64 Å². The Hall–Kier alpha value is -2.21. The molecule has 0 aliphatic rings. The van der Waals surface area contributed by atoms with Gasteiger partial charge in [-0.3, -0.25) is 4.79 Å². The Kier molecular flexibility index (Phi) is 5.66. The average Bonchev–Trinajstić information content (AvgIpc) is 3.01. The molecule has 0 atom stereocenters. The third-order valence-corrected chi connectivity index (χ3v) is 3.14. The summed E-state index contributed by atoms with van der Waals surface area (Å²) in [6.07, 6.45) is 1.51. The van der Waals surface area contributed by atoms with Crippen molar-refractivity contribution in [2.24, 2.45) is 5.92 Å². The molecule has 0 bridgehead atoms. The minimum absolute atomic E-state index is 0.118. The first-order chi connectivity index (χ1) is 10.6. The molecule has 0 radical (unpaired) electrons. The van der Waals surface area contributed by atoms with Crippen molar-refractivity contribution in [3.05, 3.63) is 42.2 Å². The molecule has 0 aliphatic carbocycles. The Morgan fingerprint density at radius 3 is 2.68 bits per heavy atom. The van der Waals surface area contributed by atoms with E-state index in [0.29, 0.717) is 31.3 Å². The summed E-state index contributed by atoms with van der Waals surface area (Å²) in [5.41, 5.74) is 1.18. The summed E-state index contributed by atoms with van der Waals surface area (Å²) in [7, 11) is 1.63. The van der Waals surface area contributed by atoms with Gasteiger partial charge in [0.1, 0.15) is 0 Å². The second-order valence-corrected chi connectivity index (χ2v) is 5.49. The fraction of sp³-hybridized carbons (Fsp3) is 0.438. The molecule has 0 aliphatic heterocycles. The molecule has 2 rings (SSSR count). The minimum Gasteiger partial charge on any atom is -0.383 e. The van der Waals surface area contributed by atoms with Gasteiger partial charge in [-0.1, -0.05) is 32.0 Å². The predicted octanol–water partition coefficient (Wildman–Crippen LogP) is 2.01. The van der Waals surface area contributed by atoms with E-state index in [4.69, 9.17) is 4.74 Å². The van der Waals surface area contributed by atoms with Gasteiger partial charge in [0.05, 0.1) is 18.5 Å². The number of ether oxygens (including phenoxy) is 1. The molecule has 6 heteroatoms. The molecular weight excluding hydrogens is 280 g/mol. The van der Waals surface area contributed by atoms with Crippen LogP contribution in [-0.4, -0.2) is 52.6 Å². The number of methoxy groups -OCH3 is 1. The van der Waals surface area contributed by atoms with Crippen molar-refractivity contribution >= 4 is 5.91 Å². The number of hydrogen-bond acceptors (Lipinski definition) is 4. The highest BCUT2D eigenvalue weighted by molar-refractivity contribution is 5.92. The molecule has 2 aromatic rings. The van der Waals surface area contributed by atoms with Crippen LogP contribution in [0.5, 0.6) is 0 Å². The lowest BCUT2D eigenvalue weighted by Crippen LogP contribution is -2.37. The van der Waals surface area contributed by atoms with Crippen LogP contribution < -0.4 is 0 Å². The van der Waals surface area contributed by atoms with E-state index < -0.39 is 0 Å². The second-order valence-electron chi connectivity index (χ2n) is 5.49. The lowest BCUT2D eigenvalue weighted by Gasteiger charge is -2.23. The number of benzene rings is 1. The van der Waals surface area contributed by atoms with Gasteiger partial charge in [0.25, 0.3) is 5.91 Å². The molecule has 0 fully saturated rings. The summed E-state index contributed by atoms with van der Waals surface area (Å²) in [5.74, 6) is 0.262. The van der Waals surface area contributed by atoms with Crippen LogP contribution in [0.2, 0.25) is 0 Å². The van der Waals surface area contributed by atoms with Crippen molar-refractivity contribution < 1.29 is 9.53 Å². The van der Waals surface area contributed by atoms with Crippen LogP contribution in [0.25, 0.3) is 5.69 Å². The van der Waals surface area contributed by atoms with Crippen LogP contribution >= 0.6 is 0 Å². The van der Waals surface area contributed by atoms with Crippen molar-refractivity contribution in [2.75, 3.05) is 26.8 Å². The number of hydrogen-bond donors (Lipinski definition) is 0. The number of aromatic nitrogens is 3. The molecule has 0 spiro atoms. The maximum absolute atomic E-state index is 12.6. The highest BCUT2D eigenvalue weighted by Gasteiger charge is 2.20. The zero-order chi connectivity index (χ0) is 15.9. The van der Waals surface area contributed by atoms with Gasteiger partial charge in [0.15, 0.2) is 5.69 Å². The first kappa shape index (κ1) is 16.2. The Labute approximate surface area is 130 Å². The van der Waals surface area contributed by atoms with E-state index in [1.54, 1.807) is 12.0 Å². The predicted molar refractivity (Wildman–Crippen MR) is 84.0 cm³/mol. The number of nitrogens with zero attached hydrogens (tertiary/aromatic N) is 4. The van der Waals surface area contributed by atoms with Crippen LogP contribution in [0, 0.1) is 5.92 Å². The molecular formula is C16H22N4O2. The summed E-state index contributed by atoms with van der Waals surface area (Å²) in [6.45, 7) is 5.87. The van der Waals surface area contributed by atoms with Crippen LogP contribution in [-0.2, 0) is 4.74 Å². The highest BCUT2D eigenvalue weighted by atomic mass is 16.5. The molecule has 0 saturated heterocycles. The summed E-state index contributed by atoms with van der Waals surface area (Å²) >= 11 is 0. The van der Waals surface area contributed by atoms with Crippen molar-refractivity contribution in [2.45, 2.75) is 13.8 Å². The van der Waals surface area contributed by atoms with Crippen molar-refractivity contribution in [1.82, 2.24) is 19.9 Å². The Morgan fingerprint density at radius 1 is 1.32 bits per heavy atom. The van der Waals surface area contributed by atoms with E-state index in [9.17, 15) is 4.79 Å². The van der Waals surface area contributed by atoms with Gasteiger partial charge in [-0.05, 0) is 18.1 Å². The number of carbonyl (C=O) groups excluding carboxylic acids is 1. The van der Waals surface area contributed by atoms with E-state index in [0.717, 1.165) is 5.69 Å². The average molecular weight is 302 g/mol. The summed E-state index contributed by atoms with van der Waals surface area (Å²) in [5, 5.41) is 8.47. The molecule has 1 aromatic heterocycles. The van der Waals surface area contributed by atoms with Crippen molar-refractivity contribution in [3.63, 3.8) is 0 Å². The number of rotatable bonds is 7. The molecule has 0 saturated carbocycles. The zero-order valence-electron chi connectivity index (χ0n) is 13.3. The van der Waals surface area contributed by atoms with Crippen LogP contribution in [0.15, 0.2) is 36.5 Å². The lowest BCUT2D eigenvalue weighted by molar-refractivity contribution is 0.0666. The Balaban J connectivity index is 2.15. The molecule has 6 nitrogen and oxygen atoms in total. The zero-order valence-corrected chi connectivity index (χ0v) is 13.3. The van der Waals surface area contributed by atoms with Gasteiger partial charge in [0, 0.05) is 20.2 Å². The van der Waals surface area contributed by atoms with E-state index in [1.807, 2.05) is 30.3 Å². The summed E-state index contributed by atoms with van der Waals surface area (Å²) in [6, 6.07) is 9.53. The second kappa shape index (κ2) is 7.70. The fourth-order valence-corrected chi connectivity index (χ4v) is 2.13. The van der Waals surface area contributed by atoms with Crippen LogP contribution in [0.4, 0.5) is 0 Å². The highest BCUT2D eigenvalue weighted by Crippen LogP contribution is 2.08. The Bertz CT molecular complexity index is 595. The minimum atomic E-state index is -0.118. The standard InChI is InChI=1S/C16H22N4O2/c1-13(2)12-19(9-10-22-3)16(21)15-11-17-20(18-15)14-7-5-4-6-8-14/h4-8,11,13H,9-10,12H2,1-3H3. The maximum atomic E-state index is 12.6. The van der Waals surface area contributed by atoms with Gasteiger partial charge in [0.2, 0.25) is 0 Å². The fourth-order valence-electron chi connectivity index (χ4n) is 2.13. The largest absolute Gasteiger partial charge is 0.383 e. The van der Waals surface area contributed by atoms with Gasteiger partial charge in [-0.15, -0.1) is 5.10 Å². The molecule has 1 amide bonds. The SMILES string of the molecule is COCCN(CC(C)C)C(=O)c1cnn(-c2ccccc2)n1. The molecule has 22 heavy (non-hydrogen) atoms. The number of amides is 1. The van der Waals surface area contributed by atoms with Gasteiger partial charge >= 0.3 is 0 Å². The van der Waals surface area contributed by atoms with Crippen LogP contribution in [0.1, 0.15) is 24.3 Å². The topological polar surface area (TPSA) is 60.2 Å². The summed E-state index contributed by atoms with van der Waals surface area (Å²) in [4.78, 5) is 15.8. The molecule has 118 valence electrons. The maximum Gasteiger partial charge on any atom is 0.276 e. The van der Waals surface area contributed by atoms with Gasteiger partial charge in [-0.25, -0.2) is 0 Å². The first-order valence-electron chi connectivity index (χ1n) is 7.37. The molecule has 1 aromatic carbocycles. The lowest BCUT2D eigenvalue weighted by atomic mass is 10.2. The van der Waals surface area contributed by atoms with Crippen molar-refractivity contribution in [3.8, 4) is 5.69 Å². The van der Waals surface area contributed by atoms with Crippen molar-refractivity contribution in [1.29, 1.82) is 0 Å². The third kappa shape index (κ3) is 4.14. The van der Waals surface area contributed by atoms with E-state index in [2.05, 4.69) is 24.0 Å².